The minimum atomic E-state index is -4.55. The van der Waals surface area contributed by atoms with E-state index in [2.05, 4.69) is 23.8 Å². The lowest BCUT2D eigenvalue weighted by atomic mass is 9.97. The highest BCUT2D eigenvalue weighted by Crippen LogP contribution is 2.26. The SMILES string of the molecule is CCCCCCOc1ccc(CCc2ccc3c(F)c(CCc4ccc(OCC(F)(F)F)c(F)c4)ccc3c2)cc1. The van der Waals surface area contributed by atoms with Crippen molar-refractivity contribution in [3.8, 4) is 11.5 Å². The molecule has 2 nitrogen and oxygen atoms in total. The van der Waals surface area contributed by atoms with Crippen molar-refractivity contribution in [2.75, 3.05) is 13.2 Å². The Bertz CT molecular complexity index is 1410. The van der Waals surface area contributed by atoms with E-state index in [0.29, 0.717) is 29.4 Å². The fourth-order valence-corrected chi connectivity index (χ4v) is 4.75. The Morgan fingerprint density at radius 3 is 2.07 bits per heavy atom. The molecule has 0 bridgehead atoms. The Morgan fingerprint density at radius 1 is 0.659 bits per heavy atom. The number of benzene rings is 4. The number of hydrogen-bond donors (Lipinski definition) is 0. The van der Waals surface area contributed by atoms with E-state index in [1.54, 1.807) is 12.1 Å². The minimum Gasteiger partial charge on any atom is -0.494 e. The first kappa shape index (κ1) is 30.4. The van der Waals surface area contributed by atoms with Gasteiger partial charge in [0.25, 0.3) is 0 Å². The number of rotatable bonds is 14. The maximum Gasteiger partial charge on any atom is 0.422 e. The average Bonchev–Trinajstić information content (AvgIpc) is 2.95. The topological polar surface area (TPSA) is 18.5 Å². The van der Waals surface area contributed by atoms with Crippen molar-refractivity contribution < 1.29 is 31.4 Å². The quantitative estimate of drug-likeness (QED) is 0.111. The van der Waals surface area contributed by atoms with Crippen molar-refractivity contribution in [1.82, 2.24) is 0 Å². The van der Waals surface area contributed by atoms with Crippen LogP contribution in [0.3, 0.4) is 0 Å². The number of ether oxygens (including phenoxy) is 2. The van der Waals surface area contributed by atoms with Crippen LogP contribution in [0.5, 0.6) is 11.5 Å². The largest absolute Gasteiger partial charge is 0.494 e. The molecule has 218 valence electrons. The Kier molecular flexibility index (Phi) is 10.6. The second kappa shape index (κ2) is 14.3. The summed E-state index contributed by atoms with van der Waals surface area (Å²) in [5.41, 5.74) is 3.37. The third-order valence-corrected chi connectivity index (χ3v) is 7.06. The molecule has 0 atom stereocenters. The summed E-state index contributed by atoms with van der Waals surface area (Å²) < 4.78 is 76.7. The first-order valence-corrected chi connectivity index (χ1v) is 14.1. The maximum absolute atomic E-state index is 15.3. The van der Waals surface area contributed by atoms with Crippen LogP contribution in [-0.4, -0.2) is 19.4 Å². The van der Waals surface area contributed by atoms with Crippen LogP contribution < -0.4 is 9.47 Å². The summed E-state index contributed by atoms with van der Waals surface area (Å²) in [6, 6.07) is 21.4. The summed E-state index contributed by atoms with van der Waals surface area (Å²) in [6.07, 6.45) is 2.50. The molecule has 0 heterocycles. The first-order chi connectivity index (χ1) is 19.7. The van der Waals surface area contributed by atoms with E-state index in [1.807, 2.05) is 30.3 Å². The van der Waals surface area contributed by atoms with Crippen molar-refractivity contribution in [3.05, 3.63) is 107 Å². The molecule has 0 saturated heterocycles. The predicted molar refractivity (Wildman–Crippen MR) is 153 cm³/mol. The van der Waals surface area contributed by atoms with Crippen LogP contribution in [-0.2, 0) is 25.7 Å². The van der Waals surface area contributed by atoms with Gasteiger partial charge in [-0.05, 0) is 84.0 Å². The van der Waals surface area contributed by atoms with Crippen LogP contribution >= 0.6 is 0 Å². The molecule has 4 aromatic carbocycles. The third kappa shape index (κ3) is 9.20. The molecule has 0 unspecified atom stereocenters. The Balaban J connectivity index is 1.31. The van der Waals surface area contributed by atoms with E-state index in [9.17, 15) is 17.6 Å². The van der Waals surface area contributed by atoms with Gasteiger partial charge in [-0.15, -0.1) is 0 Å². The molecule has 0 aromatic heterocycles. The zero-order valence-corrected chi connectivity index (χ0v) is 23.2. The van der Waals surface area contributed by atoms with E-state index < -0.39 is 24.3 Å². The highest BCUT2D eigenvalue weighted by molar-refractivity contribution is 5.84. The van der Waals surface area contributed by atoms with E-state index in [-0.39, 0.29) is 5.82 Å². The normalized spacial score (nSPS) is 11.7. The zero-order chi connectivity index (χ0) is 29.2. The van der Waals surface area contributed by atoms with Crippen molar-refractivity contribution in [2.45, 2.75) is 64.5 Å². The molecule has 41 heavy (non-hydrogen) atoms. The lowest BCUT2D eigenvalue weighted by Crippen LogP contribution is -2.19. The van der Waals surface area contributed by atoms with Crippen LogP contribution in [0.15, 0.2) is 72.8 Å². The van der Waals surface area contributed by atoms with Crippen LogP contribution in [0.4, 0.5) is 22.0 Å². The maximum atomic E-state index is 15.3. The van der Waals surface area contributed by atoms with Crippen LogP contribution in [0, 0.1) is 11.6 Å². The first-order valence-electron chi connectivity index (χ1n) is 14.1. The smallest absolute Gasteiger partial charge is 0.422 e. The third-order valence-electron chi connectivity index (χ3n) is 7.06. The number of halogens is 5. The van der Waals surface area contributed by atoms with Gasteiger partial charge < -0.3 is 9.47 Å². The van der Waals surface area contributed by atoms with Crippen molar-refractivity contribution in [2.24, 2.45) is 0 Å². The summed E-state index contributed by atoms with van der Waals surface area (Å²) in [6.45, 7) is 1.37. The van der Waals surface area contributed by atoms with Gasteiger partial charge in [-0.25, -0.2) is 8.78 Å². The minimum absolute atomic E-state index is 0.315. The van der Waals surface area contributed by atoms with Gasteiger partial charge in [0.05, 0.1) is 6.61 Å². The molecule has 0 fully saturated rings. The van der Waals surface area contributed by atoms with Crippen LogP contribution in [0.2, 0.25) is 0 Å². The molecule has 0 aliphatic rings. The summed E-state index contributed by atoms with van der Waals surface area (Å²) in [7, 11) is 0. The van der Waals surface area contributed by atoms with Crippen molar-refractivity contribution in [1.29, 1.82) is 0 Å². The molecule has 4 aromatic rings. The van der Waals surface area contributed by atoms with Gasteiger partial charge in [0.2, 0.25) is 0 Å². The molecule has 0 saturated carbocycles. The number of aryl methyl sites for hydroxylation is 4. The summed E-state index contributed by atoms with van der Waals surface area (Å²) in [4.78, 5) is 0. The van der Waals surface area contributed by atoms with E-state index in [1.165, 1.54) is 37.0 Å². The molecule has 0 N–H and O–H groups in total. The van der Waals surface area contributed by atoms with Crippen molar-refractivity contribution in [3.63, 3.8) is 0 Å². The molecule has 0 aliphatic heterocycles. The second-order valence-electron chi connectivity index (χ2n) is 10.3. The van der Waals surface area contributed by atoms with Gasteiger partial charge in [0.15, 0.2) is 18.2 Å². The van der Waals surface area contributed by atoms with Gasteiger partial charge in [0, 0.05) is 5.39 Å². The molecule has 7 heteroatoms. The summed E-state index contributed by atoms with van der Waals surface area (Å²) >= 11 is 0. The number of unbranched alkanes of at least 4 members (excludes halogenated alkanes) is 3. The van der Waals surface area contributed by atoms with Gasteiger partial charge >= 0.3 is 6.18 Å². The Morgan fingerprint density at radius 2 is 1.34 bits per heavy atom. The molecular formula is C34H35F5O2. The second-order valence-corrected chi connectivity index (χ2v) is 10.3. The molecule has 4 rings (SSSR count). The van der Waals surface area contributed by atoms with Gasteiger partial charge in [0.1, 0.15) is 11.6 Å². The monoisotopic (exact) mass is 570 g/mol. The number of fused-ring (bicyclic) bond motifs is 1. The summed E-state index contributed by atoms with van der Waals surface area (Å²) in [5, 5.41) is 1.33. The number of alkyl halides is 3. The standard InChI is InChI=1S/C34H35F5O2/c1-2-3-4-5-20-40-29-16-9-24(10-17-29)6-7-25-11-18-30-28(21-25)15-14-27(33(30)36)13-8-26-12-19-32(31(35)22-26)41-23-34(37,38)39/h9-12,14-19,21-22H,2-8,13,20,23H2,1H3. The highest BCUT2D eigenvalue weighted by Gasteiger charge is 2.29. The zero-order valence-electron chi connectivity index (χ0n) is 23.2. The molecule has 0 aliphatic carbocycles. The Labute approximate surface area is 238 Å². The fourth-order valence-electron chi connectivity index (χ4n) is 4.75. The highest BCUT2D eigenvalue weighted by atomic mass is 19.4. The molecular weight excluding hydrogens is 535 g/mol. The molecule has 0 spiro atoms. The Hall–Kier alpha value is -3.61. The van der Waals surface area contributed by atoms with Gasteiger partial charge in [-0.1, -0.05) is 74.7 Å². The number of hydrogen-bond acceptors (Lipinski definition) is 2. The van der Waals surface area contributed by atoms with Crippen LogP contribution in [0.1, 0.15) is 54.9 Å². The van der Waals surface area contributed by atoms with Crippen molar-refractivity contribution >= 4 is 10.8 Å². The van der Waals surface area contributed by atoms with E-state index >= 15 is 4.39 Å². The van der Waals surface area contributed by atoms with E-state index in [4.69, 9.17) is 4.74 Å². The lowest BCUT2D eigenvalue weighted by molar-refractivity contribution is -0.153. The average molecular weight is 571 g/mol. The lowest BCUT2D eigenvalue weighted by Gasteiger charge is -2.11. The molecule has 0 amide bonds. The van der Waals surface area contributed by atoms with Gasteiger partial charge in [-0.3, -0.25) is 0 Å². The fraction of sp³-hybridized carbons (Fsp3) is 0.353. The van der Waals surface area contributed by atoms with Gasteiger partial charge in [-0.2, -0.15) is 13.2 Å². The van der Waals surface area contributed by atoms with Crippen LogP contribution in [0.25, 0.3) is 10.8 Å². The predicted octanol–water partition coefficient (Wildman–Crippen LogP) is 9.59. The van der Waals surface area contributed by atoms with E-state index in [0.717, 1.165) is 48.6 Å². The molecule has 0 radical (unpaired) electrons. The summed E-state index contributed by atoms with van der Waals surface area (Å²) in [5.74, 6) is -0.762.